The van der Waals surface area contributed by atoms with Gasteiger partial charge in [0.15, 0.2) is 5.78 Å². The molecule has 0 saturated heterocycles. The summed E-state index contributed by atoms with van der Waals surface area (Å²) in [6.45, 7) is 1.53. The molecule has 5 atom stereocenters. The topological polar surface area (TPSA) is 72.9 Å². The van der Waals surface area contributed by atoms with Crippen molar-refractivity contribution in [3.05, 3.63) is 48.2 Å². The lowest BCUT2D eigenvalue weighted by Crippen LogP contribution is -2.71. The highest BCUT2D eigenvalue weighted by Crippen LogP contribution is 2.56. The second-order valence-corrected chi connectivity index (χ2v) is 7.51. The van der Waals surface area contributed by atoms with Crippen LogP contribution >= 0.6 is 0 Å². The Morgan fingerprint density at radius 1 is 1.15 bits per heavy atom. The molecule has 5 rings (SSSR count). The van der Waals surface area contributed by atoms with Crippen molar-refractivity contribution in [1.29, 1.82) is 0 Å². The van der Waals surface area contributed by atoms with Crippen molar-refractivity contribution < 1.29 is 23.9 Å². The van der Waals surface area contributed by atoms with Crippen LogP contribution in [0.3, 0.4) is 0 Å². The van der Waals surface area contributed by atoms with Crippen LogP contribution < -0.4 is 0 Å². The Morgan fingerprint density at radius 3 is 2.41 bits per heavy atom. The molecule has 27 heavy (non-hydrogen) atoms. The Hall–Kier alpha value is -2.31. The summed E-state index contributed by atoms with van der Waals surface area (Å²) in [5.41, 5.74) is 0.565. The second-order valence-electron chi connectivity index (χ2n) is 7.51. The Morgan fingerprint density at radius 2 is 1.81 bits per heavy atom. The van der Waals surface area contributed by atoms with Gasteiger partial charge in [-0.1, -0.05) is 24.3 Å². The summed E-state index contributed by atoms with van der Waals surface area (Å²) < 4.78 is 11.2. The SMILES string of the molecule is COC1(OC)C(=O)[C@H]2CC(C(C)=O)[C@@H]1[C@H]1[C@@H]2C=CN1C(=O)c1ccccc1. The van der Waals surface area contributed by atoms with Crippen molar-refractivity contribution >= 4 is 17.5 Å². The van der Waals surface area contributed by atoms with Crippen LogP contribution in [-0.4, -0.2) is 48.4 Å². The number of fused-ring (bicyclic) bond motifs is 2. The molecule has 1 heterocycles. The van der Waals surface area contributed by atoms with Crippen LogP contribution in [0.5, 0.6) is 0 Å². The molecule has 1 aromatic carbocycles. The maximum Gasteiger partial charge on any atom is 0.258 e. The van der Waals surface area contributed by atoms with Crippen molar-refractivity contribution in [3.63, 3.8) is 0 Å². The molecule has 4 aliphatic rings. The van der Waals surface area contributed by atoms with E-state index in [-0.39, 0.29) is 35.4 Å². The Kier molecular flexibility index (Phi) is 4.28. The van der Waals surface area contributed by atoms with E-state index < -0.39 is 17.6 Å². The summed E-state index contributed by atoms with van der Waals surface area (Å²) in [6, 6.07) is 8.66. The minimum atomic E-state index is -1.50. The molecule has 0 spiro atoms. The van der Waals surface area contributed by atoms with Crippen molar-refractivity contribution in [3.8, 4) is 0 Å². The summed E-state index contributed by atoms with van der Waals surface area (Å²) in [6.07, 6.45) is 4.15. The van der Waals surface area contributed by atoms with Crippen LogP contribution in [0.4, 0.5) is 0 Å². The van der Waals surface area contributed by atoms with Crippen molar-refractivity contribution in [2.45, 2.75) is 25.2 Å². The number of rotatable bonds is 4. The number of carbonyl (C=O) groups excluding carboxylic acids is 3. The van der Waals surface area contributed by atoms with Crippen LogP contribution in [0.25, 0.3) is 0 Å². The molecule has 0 N–H and O–H groups in total. The molecule has 6 nitrogen and oxygen atoms in total. The van der Waals surface area contributed by atoms with Crippen LogP contribution in [0.1, 0.15) is 23.7 Å². The molecule has 142 valence electrons. The first-order valence-electron chi connectivity index (χ1n) is 9.17. The molecule has 1 aliphatic heterocycles. The zero-order chi connectivity index (χ0) is 19.3. The predicted molar refractivity (Wildman–Crippen MR) is 96.6 cm³/mol. The first-order chi connectivity index (χ1) is 13.0. The number of Topliss-reactive ketones (excluding diaryl/α,β-unsaturated/α-hetero) is 2. The molecular weight excluding hydrogens is 346 g/mol. The highest BCUT2D eigenvalue weighted by molar-refractivity contribution is 5.98. The van der Waals surface area contributed by atoms with Gasteiger partial charge < -0.3 is 14.4 Å². The Bertz CT molecular complexity index is 813. The van der Waals surface area contributed by atoms with Gasteiger partial charge in [0.2, 0.25) is 5.79 Å². The number of carbonyl (C=O) groups is 3. The van der Waals surface area contributed by atoms with Crippen LogP contribution in [-0.2, 0) is 19.1 Å². The lowest BCUT2D eigenvalue weighted by Gasteiger charge is -2.57. The second kappa shape index (κ2) is 6.39. The van der Waals surface area contributed by atoms with Gasteiger partial charge in [-0.15, -0.1) is 0 Å². The number of hydrogen-bond acceptors (Lipinski definition) is 5. The number of benzene rings is 1. The first-order valence-corrected chi connectivity index (χ1v) is 9.17. The van der Waals surface area contributed by atoms with E-state index >= 15 is 0 Å². The largest absolute Gasteiger partial charge is 0.347 e. The maximum atomic E-state index is 13.1. The van der Waals surface area contributed by atoms with Gasteiger partial charge in [0, 0.05) is 43.7 Å². The van der Waals surface area contributed by atoms with Crippen LogP contribution in [0.15, 0.2) is 42.6 Å². The van der Waals surface area contributed by atoms with E-state index in [4.69, 9.17) is 9.47 Å². The summed E-state index contributed by atoms with van der Waals surface area (Å²) >= 11 is 0. The van der Waals surface area contributed by atoms with E-state index in [0.717, 1.165) is 0 Å². The summed E-state index contributed by atoms with van der Waals surface area (Å²) in [5, 5.41) is 0. The number of ether oxygens (including phenoxy) is 2. The lowest BCUT2D eigenvalue weighted by molar-refractivity contribution is -0.272. The lowest BCUT2D eigenvalue weighted by atomic mass is 9.53. The quantitative estimate of drug-likeness (QED) is 0.760. The van der Waals surface area contributed by atoms with Gasteiger partial charge in [0.05, 0.1) is 12.0 Å². The number of ketones is 2. The van der Waals surface area contributed by atoms with Gasteiger partial charge in [-0.2, -0.15) is 0 Å². The van der Waals surface area contributed by atoms with E-state index in [1.165, 1.54) is 21.1 Å². The van der Waals surface area contributed by atoms with Crippen LogP contribution in [0, 0.1) is 23.7 Å². The average molecular weight is 369 g/mol. The Balaban J connectivity index is 1.79. The number of methoxy groups -OCH3 is 2. The fraction of sp³-hybridized carbons (Fsp3) is 0.476. The monoisotopic (exact) mass is 369 g/mol. The third-order valence-electron chi connectivity index (χ3n) is 6.46. The molecule has 1 amide bonds. The third kappa shape index (κ3) is 2.36. The average Bonchev–Trinajstić information content (AvgIpc) is 3.14. The maximum absolute atomic E-state index is 13.1. The molecule has 3 saturated carbocycles. The standard InChI is InChI=1S/C21H23NO5/c1-12(23)15-11-16-14-9-10-22(20(25)13-7-5-4-6-8-13)18(14)17(15)21(26-2,27-3)19(16)24/h4-10,14-18H,11H2,1-3H3/t14-,15?,16+,17-,18-/m1/s1. The van der Waals surface area contributed by atoms with Crippen molar-refractivity contribution in [1.82, 2.24) is 4.90 Å². The molecule has 1 unspecified atom stereocenters. The van der Waals surface area contributed by atoms with E-state index in [0.29, 0.717) is 12.0 Å². The molecule has 0 aromatic heterocycles. The van der Waals surface area contributed by atoms with Crippen molar-refractivity contribution in [2.75, 3.05) is 14.2 Å². The third-order valence-corrected chi connectivity index (χ3v) is 6.46. The van der Waals surface area contributed by atoms with E-state index in [2.05, 4.69) is 0 Å². The van der Waals surface area contributed by atoms with Crippen LogP contribution in [0.2, 0.25) is 0 Å². The number of nitrogens with zero attached hydrogens (tertiary/aromatic N) is 1. The highest BCUT2D eigenvalue weighted by Gasteiger charge is 2.69. The minimum Gasteiger partial charge on any atom is -0.347 e. The predicted octanol–water partition coefficient (Wildman–Crippen LogP) is 2.05. The molecule has 1 aromatic rings. The fourth-order valence-corrected chi connectivity index (χ4v) is 5.29. The number of hydrogen-bond donors (Lipinski definition) is 0. The van der Waals surface area contributed by atoms with Gasteiger partial charge in [0.1, 0.15) is 5.78 Å². The van der Waals surface area contributed by atoms with E-state index in [1.54, 1.807) is 23.2 Å². The molecule has 2 bridgehead atoms. The molecule has 6 heteroatoms. The zero-order valence-corrected chi connectivity index (χ0v) is 15.6. The van der Waals surface area contributed by atoms with Gasteiger partial charge in [0.25, 0.3) is 5.91 Å². The Labute approximate surface area is 158 Å². The van der Waals surface area contributed by atoms with Gasteiger partial charge in [-0.25, -0.2) is 0 Å². The van der Waals surface area contributed by atoms with E-state index in [9.17, 15) is 14.4 Å². The van der Waals surface area contributed by atoms with Gasteiger partial charge in [-0.05, 0) is 25.5 Å². The van der Waals surface area contributed by atoms with Gasteiger partial charge in [-0.3, -0.25) is 14.4 Å². The van der Waals surface area contributed by atoms with E-state index in [1.807, 2.05) is 24.3 Å². The normalized spacial score (nSPS) is 33.2. The molecular formula is C21H23NO5. The fourth-order valence-electron chi connectivity index (χ4n) is 5.29. The summed E-state index contributed by atoms with van der Waals surface area (Å²) in [7, 11) is 2.86. The minimum absolute atomic E-state index is 0.00608. The molecule has 3 fully saturated rings. The zero-order valence-electron chi connectivity index (χ0n) is 15.6. The van der Waals surface area contributed by atoms with Crippen molar-refractivity contribution in [2.24, 2.45) is 23.7 Å². The first kappa shape index (κ1) is 18.1. The summed E-state index contributed by atoms with van der Waals surface area (Å²) in [4.78, 5) is 40.3. The summed E-state index contributed by atoms with van der Waals surface area (Å²) in [5.74, 6) is -3.24. The van der Waals surface area contributed by atoms with Gasteiger partial charge >= 0.3 is 0 Å². The molecule has 3 aliphatic carbocycles. The smallest absolute Gasteiger partial charge is 0.258 e. The highest BCUT2D eigenvalue weighted by atomic mass is 16.7. The molecule has 0 radical (unpaired) electrons. The number of amides is 1.